The van der Waals surface area contributed by atoms with Gasteiger partial charge in [0.05, 0.1) is 16.5 Å². The van der Waals surface area contributed by atoms with Crippen molar-refractivity contribution in [3.05, 3.63) is 34.9 Å². The molecule has 6 nitrogen and oxygen atoms in total. The van der Waals surface area contributed by atoms with Crippen molar-refractivity contribution in [2.24, 2.45) is 4.99 Å². The molecule has 0 spiro atoms. The Kier molecular flexibility index (Phi) is 8.64. The fraction of sp³-hybridized carbons (Fsp3) is 0.650. The van der Waals surface area contributed by atoms with E-state index >= 15 is 0 Å². The summed E-state index contributed by atoms with van der Waals surface area (Å²) in [5.74, 6) is 0.916. The lowest BCUT2D eigenvalue weighted by molar-refractivity contribution is 0.242. The molecule has 3 rings (SSSR count). The van der Waals surface area contributed by atoms with Crippen molar-refractivity contribution >= 4 is 51.4 Å². The van der Waals surface area contributed by atoms with Crippen molar-refractivity contribution in [3.63, 3.8) is 0 Å². The Morgan fingerprint density at radius 3 is 2.55 bits per heavy atom. The molecule has 2 fully saturated rings. The molecule has 2 heterocycles. The maximum Gasteiger partial charge on any atom is 0.193 e. The highest BCUT2D eigenvalue weighted by Crippen LogP contribution is 2.27. The molecule has 2 saturated heterocycles. The molecule has 0 amide bonds. The molecule has 1 aromatic carbocycles. The number of benzene rings is 1. The second-order valence-corrected chi connectivity index (χ2v) is 11.4. The highest BCUT2D eigenvalue weighted by Gasteiger charge is 2.41. The average molecular weight is 555 g/mol. The van der Waals surface area contributed by atoms with Crippen LogP contribution in [0, 0.1) is 0 Å². The molecule has 2 aliphatic heterocycles. The van der Waals surface area contributed by atoms with Gasteiger partial charge >= 0.3 is 0 Å². The van der Waals surface area contributed by atoms with Crippen LogP contribution in [0.1, 0.15) is 38.3 Å². The first-order valence-electron chi connectivity index (χ1n) is 9.91. The summed E-state index contributed by atoms with van der Waals surface area (Å²) in [5.41, 5.74) is 1.19. The van der Waals surface area contributed by atoms with Gasteiger partial charge in [0.2, 0.25) is 0 Å². The molecule has 1 unspecified atom stereocenters. The van der Waals surface area contributed by atoms with Gasteiger partial charge in [0.1, 0.15) is 0 Å². The van der Waals surface area contributed by atoms with Gasteiger partial charge in [-0.1, -0.05) is 23.7 Å². The summed E-state index contributed by atoms with van der Waals surface area (Å²) in [4.78, 5) is 8.97. The Hall–Kier alpha value is -0.580. The number of rotatable bonds is 4. The number of hydrogen-bond donors (Lipinski definition) is 1. The quantitative estimate of drug-likeness (QED) is 0.352. The highest BCUT2D eigenvalue weighted by molar-refractivity contribution is 14.0. The van der Waals surface area contributed by atoms with Crippen LogP contribution in [0.3, 0.4) is 0 Å². The number of likely N-dealkylation sites (tertiary alicyclic amines) is 1. The molecule has 29 heavy (non-hydrogen) atoms. The average Bonchev–Trinajstić information content (AvgIpc) is 3.16. The first-order valence-corrected chi connectivity index (χ1v) is 11.9. The molecule has 2 aliphatic rings. The molecule has 0 aromatic heterocycles. The summed E-state index contributed by atoms with van der Waals surface area (Å²) >= 11 is 6.24. The third-order valence-electron chi connectivity index (χ3n) is 5.82. The molecule has 0 radical (unpaired) electrons. The summed E-state index contributed by atoms with van der Waals surface area (Å²) in [7, 11) is -1.32. The first-order chi connectivity index (χ1) is 13.2. The largest absolute Gasteiger partial charge is 0.354 e. The SMILES string of the molecule is CN=C(NCC(c1cccc(Cl)c1)N1CCCC1)N1CCS(=O)(=O)C(C)(C)C1.I. The number of aliphatic imine (C=N–C) groups is 1. The Bertz CT molecular complexity index is 826. The Balaban J connectivity index is 0.00000300. The Morgan fingerprint density at radius 1 is 1.28 bits per heavy atom. The van der Waals surface area contributed by atoms with Gasteiger partial charge in [0.15, 0.2) is 15.8 Å². The summed E-state index contributed by atoms with van der Waals surface area (Å²) in [6, 6.07) is 8.25. The van der Waals surface area contributed by atoms with Gasteiger partial charge in [-0.25, -0.2) is 8.42 Å². The van der Waals surface area contributed by atoms with E-state index in [2.05, 4.69) is 26.2 Å². The van der Waals surface area contributed by atoms with Crippen molar-refractivity contribution in [1.82, 2.24) is 15.1 Å². The van der Waals surface area contributed by atoms with Gasteiger partial charge in [0.25, 0.3) is 0 Å². The summed E-state index contributed by atoms with van der Waals surface area (Å²) in [5, 5.41) is 4.24. The van der Waals surface area contributed by atoms with Crippen molar-refractivity contribution < 1.29 is 8.42 Å². The van der Waals surface area contributed by atoms with Crippen LogP contribution >= 0.6 is 35.6 Å². The topological polar surface area (TPSA) is 65.0 Å². The number of halogens is 2. The minimum Gasteiger partial charge on any atom is -0.354 e. The van der Waals surface area contributed by atoms with E-state index in [0.29, 0.717) is 19.6 Å². The molecule has 0 bridgehead atoms. The summed E-state index contributed by atoms with van der Waals surface area (Å²) in [6.07, 6.45) is 2.42. The van der Waals surface area contributed by atoms with Gasteiger partial charge in [-0.05, 0) is 57.5 Å². The maximum absolute atomic E-state index is 12.3. The van der Waals surface area contributed by atoms with Gasteiger partial charge in [-0.15, -0.1) is 24.0 Å². The van der Waals surface area contributed by atoms with E-state index in [-0.39, 0.29) is 35.8 Å². The zero-order valence-electron chi connectivity index (χ0n) is 17.4. The van der Waals surface area contributed by atoms with E-state index in [0.717, 1.165) is 24.1 Å². The van der Waals surface area contributed by atoms with Gasteiger partial charge in [0, 0.05) is 31.7 Å². The van der Waals surface area contributed by atoms with E-state index in [9.17, 15) is 8.42 Å². The second kappa shape index (κ2) is 10.2. The van der Waals surface area contributed by atoms with E-state index in [1.54, 1.807) is 20.9 Å². The number of nitrogens with zero attached hydrogens (tertiary/aromatic N) is 3. The fourth-order valence-electron chi connectivity index (χ4n) is 4.07. The molecule has 1 atom stereocenters. The number of nitrogens with one attached hydrogen (secondary N) is 1. The first kappa shape index (κ1) is 24.7. The number of guanidine groups is 1. The van der Waals surface area contributed by atoms with Crippen LogP contribution in [0.25, 0.3) is 0 Å². The molecule has 0 aliphatic carbocycles. The summed E-state index contributed by atoms with van der Waals surface area (Å²) < 4.78 is 23.8. The van der Waals surface area contributed by atoms with Crippen molar-refractivity contribution in [2.75, 3.05) is 45.5 Å². The number of hydrogen-bond acceptors (Lipinski definition) is 4. The van der Waals surface area contributed by atoms with Crippen LogP contribution < -0.4 is 5.32 Å². The normalized spacial score (nSPS) is 22.8. The van der Waals surface area contributed by atoms with Crippen molar-refractivity contribution in [3.8, 4) is 0 Å². The standard InChI is InChI=1S/C20H31ClN4O2S.HI/c1-20(2)15-25(11-12-28(20,26)27)19(22-3)23-14-18(24-9-4-5-10-24)16-7-6-8-17(21)13-16;/h6-8,13,18H,4-5,9-12,14-15H2,1-3H3,(H,22,23);1H. The predicted octanol–water partition coefficient (Wildman–Crippen LogP) is 3.18. The van der Waals surface area contributed by atoms with Crippen LogP contribution in [0.5, 0.6) is 0 Å². The molecular formula is C20H32ClIN4O2S. The lowest BCUT2D eigenvalue weighted by atomic mass is 10.1. The maximum atomic E-state index is 12.3. The highest BCUT2D eigenvalue weighted by atomic mass is 127. The lowest BCUT2D eigenvalue weighted by Gasteiger charge is -2.39. The molecular weight excluding hydrogens is 523 g/mol. The molecule has 1 aromatic rings. The summed E-state index contributed by atoms with van der Waals surface area (Å²) in [6.45, 7) is 7.36. The fourth-order valence-corrected chi connectivity index (χ4v) is 5.63. The Morgan fingerprint density at radius 2 is 1.97 bits per heavy atom. The third kappa shape index (κ3) is 5.77. The monoisotopic (exact) mass is 554 g/mol. The van der Waals surface area contributed by atoms with Crippen molar-refractivity contribution in [1.29, 1.82) is 0 Å². The number of sulfone groups is 1. The van der Waals surface area contributed by atoms with Gasteiger partial charge in [-0.2, -0.15) is 0 Å². The van der Waals surface area contributed by atoms with Crippen LogP contribution in [-0.2, 0) is 9.84 Å². The van der Waals surface area contributed by atoms with Crippen LogP contribution in [0.4, 0.5) is 0 Å². The van der Waals surface area contributed by atoms with Gasteiger partial charge < -0.3 is 10.2 Å². The third-order valence-corrected chi connectivity index (χ3v) is 8.59. The van der Waals surface area contributed by atoms with E-state index in [1.807, 2.05) is 18.2 Å². The molecule has 164 valence electrons. The van der Waals surface area contributed by atoms with Crippen LogP contribution in [-0.4, -0.2) is 74.4 Å². The zero-order valence-corrected chi connectivity index (χ0v) is 21.3. The molecule has 9 heteroatoms. The minimum absolute atomic E-state index is 0. The Labute approximate surface area is 197 Å². The second-order valence-electron chi connectivity index (χ2n) is 8.24. The molecule has 0 saturated carbocycles. The smallest absolute Gasteiger partial charge is 0.193 e. The van der Waals surface area contributed by atoms with Crippen LogP contribution in [0.2, 0.25) is 5.02 Å². The lowest BCUT2D eigenvalue weighted by Crippen LogP contribution is -2.57. The van der Waals surface area contributed by atoms with Crippen molar-refractivity contribution in [2.45, 2.75) is 37.5 Å². The van der Waals surface area contributed by atoms with E-state index in [4.69, 9.17) is 11.6 Å². The van der Waals surface area contributed by atoms with Gasteiger partial charge in [-0.3, -0.25) is 9.89 Å². The molecule has 1 N–H and O–H groups in total. The van der Waals surface area contributed by atoms with E-state index in [1.165, 1.54) is 18.4 Å². The van der Waals surface area contributed by atoms with E-state index < -0.39 is 14.6 Å². The van der Waals surface area contributed by atoms with Crippen LogP contribution in [0.15, 0.2) is 29.3 Å². The minimum atomic E-state index is -3.08. The predicted molar refractivity (Wildman–Crippen MR) is 131 cm³/mol. The zero-order chi connectivity index (χ0) is 20.4.